The number of halogens is 6. The number of carbonyl (C=O) groups is 2. The Kier molecular flexibility index (Phi) is 10.4. The van der Waals surface area contributed by atoms with Gasteiger partial charge in [0.15, 0.2) is 5.82 Å². The van der Waals surface area contributed by atoms with E-state index in [-0.39, 0.29) is 50.3 Å². The van der Waals surface area contributed by atoms with Crippen molar-refractivity contribution < 1.29 is 32.6 Å². The van der Waals surface area contributed by atoms with Gasteiger partial charge in [0.25, 0.3) is 0 Å². The highest BCUT2D eigenvalue weighted by Gasteiger charge is 2.23. The molecule has 1 atom stereocenters. The lowest BCUT2D eigenvalue weighted by Gasteiger charge is -2.12. The van der Waals surface area contributed by atoms with Gasteiger partial charge < -0.3 is 9.84 Å². The second-order valence-corrected chi connectivity index (χ2v) is 9.86. The van der Waals surface area contributed by atoms with E-state index in [1.807, 2.05) is 13.0 Å². The summed E-state index contributed by atoms with van der Waals surface area (Å²) in [5.74, 6) is -2.97. The smallest absolute Gasteiger partial charge is 0.355 e. The average molecular weight is 634 g/mol. The predicted octanol–water partition coefficient (Wildman–Crippen LogP) is 6.14. The number of hydrogen-bond donors (Lipinski definition) is 1. The maximum atomic E-state index is 14.2. The SMILES string of the molecule is CCOC(=O)C(Cl)Cc1cc(-n2nc(C)n(C(F)F)c2=O)c(F)cc1Cl.Cc1cnc2c(C(=O)O)c(Cl)ccc2c1. The van der Waals surface area contributed by atoms with Crippen molar-refractivity contribution in [1.29, 1.82) is 0 Å². The van der Waals surface area contributed by atoms with Crippen LogP contribution in [0.1, 0.15) is 40.8 Å². The third kappa shape index (κ3) is 7.19. The molecule has 0 aliphatic rings. The van der Waals surface area contributed by atoms with E-state index in [4.69, 9.17) is 44.6 Å². The topological polar surface area (TPSA) is 116 Å². The fourth-order valence-corrected chi connectivity index (χ4v) is 4.45. The number of rotatable bonds is 7. The number of aromatic nitrogens is 4. The number of esters is 1. The number of nitrogens with zero attached hydrogens (tertiary/aromatic N) is 4. The number of aryl methyl sites for hydroxylation is 2. The molecular weight excluding hydrogens is 612 g/mol. The number of pyridine rings is 1. The fraction of sp³-hybridized carbons (Fsp3) is 0.269. The number of alkyl halides is 3. The van der Waals surface area contributed by atoms with E-state index in [0.29, 0.717) is 10.2 Å². The molecule has 1 N–H and O–H groups in total. The van der Waals surface area contributed by atoms with Crippen LogP contribution in [0.25, 0.3) is 16.6 Å². The first-order valence-electron chi connectivity index (χ1n) is 11.8. The Bertz CT molecular complexity index is 1680. The van der Waals surface area contributed by atoms with E-state index < -0.39 is 35.4 Å². The second-order valence-electron chi connectivity index (χ2n) is 8.52. The molecule has 15 heteroatoms. The molecule has 9 nitrogen and oxygen atoms in total. The Morgan fingerprint density at radius 2 is 1.80 bits per heavy atom. The number of hydrogen-bond acceptors (Lipinski definition) is 6. The zero-order valence-corrected chi connectivity index (χ0v) is 23.9. The zero-order valence-electron chi connectivity index (χ0n) is 21.7. The molecule has 4 rings (SSSR count). The highest BCUT2D eigenvalue weighted by molar-refractivity contribution is 6.35. The Morgan fingerprint density at radius 1 is 1.12 bits per heavy atom. The molecule has 0 saturated heterocycles. The van der Waals surface area contributed by atoms with Gasteiger partial charge >= 0.3 is 24.2 Å². The highest BCUT2D eigenvalue weighted by Crippen LogP contribution is 2.26. The van der Waals surface area contributed by atoms with Crippen LogP contribution in [0.5, 0.6) is 0 Å². The van der Waals surface area contributed by atoms with Crippen molar-refractivity contribution in [1.82, 2.24) is 19.3 Å². The molecule has 0 fully saturated rings. The molecule has 0 saturated carbocycles. The first-order valence-corrected chi connectivity index (χ1v) is 13.0. The Balaban J connectivity index is 0.000000260. The van der Waals surface area contributed by atoms with Gasteiger partial charge in [0.05, 0.1) is 17.1 Å². The van der Waals surface area contributed by atoms with Crippen molar-refractivity contribution in [3.8, 4) is 5.69 Å². The molecule has 0 radical (unpaired) electrons. The van der Waals surface area contributed by atoms with Crippen molar-refractivity contribution in [2.75, 3.05) is 6.61 Å². The van der Waals surface area contributed by atoms with Crippen molar-refractivity contribution in [2.45, 2.75) is 39.1 Å². The Labute approximate surface area is 246 Å². The molecule has 0 aliphatic heterocycles. The van der Waals surface area contributed by atoms with Crippen LogP contribution < -0.4 is 5.69 Å². The van der Waals surface area contributed by atoms with E-state index in [1.54, 1.807) is 25.3 Å². The maximum Gasteiger partial charge on any atom is 0.355 e. The number of ether oxygens (including phenoxy) is 1. The molecule has 0 spiro atoms. The quantitative estimate of drug-likeness (QED) is 0.192. The molecule has 2 aromatic heterocycles. The van der Waals surface area contributed by atoms with Crippen LogP contribution in [-0.2, 0) is 16.0 Å². The number of fused-ring (bicyclic) bond motifs is 1. The first kappa shape index (κ1) is 31.9. The number of benzene rings is 2. The van der Waals surface area contributed by atoms with Crippen LogP contribution in [0, 0.1) is 19.7 Å². The Hall–Kier alpha value is -3.61. The van der Waals surface area contributed by atoms with Crippen molar-refractivity contribution in [3.63, 3.8) is 0 Å². The summed E-state index contributed by atoms with van der Waals surface area (Å²) < 4.78 is 45.5. The molecule has 0 amide bonds. The van der Waals surface area contributed by atoms with Gasteiger partial charge in [-0.1, -0.05) is 29.3 Å². The number of carboxylic acids is 1. The molecule has 41 heavy (non-hydrogen) atoms. The van der Waals surface area contributed by atoms with Gasteiger partial charge in [-0.2, -0.15) is 13.5 Å². The van der Waals surface area contributed by atoms with Gasteiger partial charge in [0.1, 0.15) is 22.5 Å². The number of carboxylic acid groups (broad SMARTS) is 1. The summed E-state index contributed by atoms with van der Waals surface area (Å²) in [6.45, 7) is 1.71. The van der Waals surface area contributed by atoms with Crippen molar-refractivity contribution >= 4 is 57.6 Å². The van der Waals surface area contributed by atoms with E-state index in [9.17, 15) is 27.6 Å². The highest BCUT2D eigenvalue weighted by atomic mass is 35.5. The largest absolute Gasteiger partial charge is 0.478 e. The second kappa shape index (κ2) is 13.4. The van der Waals surface area contributed by atoms with Gasteiger partial charge in [-0.3, -0.25) is 9.78 Å². The molecule has 218 valence electrons. The van der Waals surface area contributed by atoms with Gasteiger partial charge in [0, 0.05) is 23.0 Å². The summed E-state index contributed by atoms with van der Waals surface area (Å²) in [6.07, 6.45) is 1.51. The average Bonchev–Trinajstić information content (AvgIpc) is 3.19. The summed E-state index contributed by atoms with van der Waals surface area (Å²) >= 11 is 17.7. The van der Waals surface area contributed by atoms with Crippen molar-refractivity contribution in [3.05, 3.63) is 85.4 Å². The summed E-state index contributed by atoms with van der Waals surface area (Å²) in [5.41, 5.74) is 0.116. The van der Waals surface area contributed by atoms with Gasteiger partial charge in [-0.05, 0) is 56.2 Å². The lowest BCUT2D eigenvalue weighted by atomic mass is 10.1. The number of aromatic carboxylic acids is 1. The van der Waals surface area contributed by atoms with Crippen LogP contribution >= 0.6 is 34.8 Å². The predicted molar refractivity (Wildman–Crippen MR) is 147 cm³/mol. The summed E-state index contributed by atoms with van der Waals surface area (Å²) in [4.78, 5) is 38.8. The van der Waals surface area contributed by atoms with Gasteiger partial charge in [-0.25, -0.2) is 18.5 Å². The van der Waals surface area contributed by atoms with Crippen LogP contribution in [-0.4, -0.2) is 48.4 Å². The minimum atomic E-state index is -3.12. The minimum absolute atomic E-state index is 0.0424. The monoisotopic (exact) mass is 632 g/mol. The Morgan fingerprint density at radius 3 is 2.39 bits per heavy atom. The minimum Gasteiger partial charge on any atom is -0.478 e. The van der Waals surface area contributed by atoms with Crippen LogP contribution in [0.15, 0.2) is 41.3 Å². The van der Waals surface area contributed by atoms with E-state index >= 15 is 0 Å². The summed E-state index contributed by atoms with van der Waals surface area (Å²) in [6, 6.07) is 7.25. The molecule has 2 aromatic carbocycles. The maximum absolute atomic E-state index is 14.2. The third-order valence-corrected chi connectivity index (χ3v) is 6.61. The van der Waals surface area contributed by atoms with Gasteiger partial charge in [0.2, 0.25) is 0 Å². The summed E-state index contributed by atoms with van der Waals surface area (Å²) in [5, 5.41) is 12.5. The third-order valence-electron chi connectivity index (χ3n) is 5.61. The normalized spacial score (nSPS) is 11.8. The van der Waals surface area contributed by atoms with Gasteiger partial charge in [-0.15, -0.1) is 16.7 Å². The van der Waals surface area contributed by atoms with Crippen LogP contribution in [0.2, 0.25) is 10.0 Å². The molecule has 0 aliphatic carbocycles. The molecule has 0 bridgehead atoms. The number of carbonyl (C=O) groups excluding carboxylic acids is 1. The molecule has 1 unspecified atom stereocenters. The fourth-order valence-electron chi connectivity index (χ4n) is 3.76. The molecule has 4 aromatic rings. The van der Waals surface area contributed by atoms with Crippen LogP contribution in [0.3, 0.4) is 0 Å². The van der Waals surface area contributed by atoms with E-state index in [0.717, 1.165) is 23.1 Å². The molecule has 2 heterocycles. The standard InChI is InChI=1S/C15H14Cl2F3N3O3.C11H8ClNO2/c1-3-26-13(24)10(17)4-8-5-12(11(18)6-9(8)16)23-15(25)22(14(19)20)7(2)21-23;1-6-4-7-2-3-8(12)9(11(14)15)10(7)13-5-6/h5-6,10,14H,3-4H2,1-2H3;2-5H,1H3,(H,14,15). The van der Waals surface area contributed by atoms with E-state index in [2.05, 4.69) is 10.1 Å². The van der Waals surface area contributed by atoms with Crippen LogP contribution in [0.4, 0.5) is 13.2 Å². The zero-order chi connectivity index (χ0) is 30.6. The lowest BCUT2D eigenvalue weighted by molar-refractivity contribution is -0.142. The first-order chi connectivity index (χ1) is 19.3. The molecular formula is C26H22Cl3F3N4O5. The van der Waals surface area contributed by atoms with E-state index in [1.165, 1.54) is 6.92 Å². The summed E-state index contributed by atoms with van der Waals surface area (Å²) in [7, 11) is 0. The van der Waals surface area contributed by atoms with Crippen molar-refractivity contribution in [2.24, 2.45) is 0 Å². The lowest BCUT2D eigenvalue weighted by Crippen LogP contribution is -2.25.